The molecule has 31 heavy (non-hydrogen) atoms. The molecule has 3 heterocycles. The Hall–Kier alpha value is -3.41. The fraction of sp³-hybridized carbons (Fsp3) is 0.200. The number of benzene rings is 2. The minimum Gasteiger partial charge on any atom is -0.437 e. The van der Waals surface area contributed by atoms with Crippen LogP contribution in [0.5, 0.6) is 0 Å². The minimum atomic E-state index is -4.18. The highest BCUT2D eigenvalue weighted by atomic mass is 19.4. The molecule has 0 fully saturated rings. The highest BCUT2D eigenvalue weighted by Gasteiger charge is 2.27. The second-order valence-corrected chi connectivity index (χ2v) is 7.84. The predicted octanol–water partition coefficient (Wildman–Crippen LogP) is 7.31. The number of hydrogen-bond acceptors (Lipinski definition) is 3. The van der Waals surface area contributed by atoms with Crippen molar-refractivity contribution in [2.75, 3.05) is 0 Å². The van der Waals surface area contributed by atoms with Gasteiger partial charge < -0.3 is 4.42 Å². The summed E-state index contributed by atoms with van der Waals surface area (Å²) in [4.78, 5) is 9.29. The maximum atomic E-state index is 12.7. The van der Waals surface area contributed by atoms with E-state index in [2.05, 4.69) is 4.98 Å². The first-order chi connectivity index (χ1) is 14.8. The van der Waals surface area contributed by atoms with Gasteiger partial charge in [0.2, 0.25) is 5.71 Å². The van der Waals surface area contributed by atoms with E-state index in [-0.39, 0.29) is 6.42 Å². The van der Waals surface area contributed by atoms with Crippen molar-refractivity contribution >= 4 is 33.0 Å². The van der Waals surface area contributed by atoms with E-state index in [0.717, 1.165) is 38.7 Å². The van der Waals surface area contributed by atoms with Crippen LogP contribution in [0.3, 0.4) is 0 Å². The van der Waals surface area contributed by atoms with Crippen LogP contribution in [0.25, 0.3) is 44.2 Å². The van der Waals surface area contributed by atoms with E-state index in [0.29, 0.717) is 22.4 Å². The number of fused-ring (bicyclic) bond motifs is 4. The number of pyridine rings is 2. The second-order valence-electron chi connectivity index (χ2n) is 7.84. The van der Waals surface area contributed by atoms with Gasteiger partial charge in [-0.15, -0.1) is 0 Å². The number of halogens is 3. The summed E-state index contributed by atoms with van der Waals surface area (Å²) >= 11 is 0. The number of furan rings is 1. The molecule has 0 radical (unpaired) electrons. The average Bonchev–Trinajstić information content (AvgIpc) is 3.08. The molecule has 2 aromatic carbocycles. The van der Waals surface area contributed by atoms with E-state index in [9.17, 15) is 13.2 Å². The number of aryl methyl sites for hydroxylation is 3. The number of alkyl halides is 3. The van der Waals surface area contributed by atoms with Crippen molar-refractivity contribution in [3.8, 4) is 11.3 Å². The van der Waals surface area contributed by atoms with Gasteiger partial charge in [0.15, 0.2) is 0 Å². The summed E-state index contributed by atoms with van der Waals surface area (Å²) in [6.07, 6.45) is -5.10. The molecule has 3 aromatic heterocycles. The van der Waals surface area contributed by atoms with Crippen molar-refractivity contribution in [2.45, 2.75) is 32.9 Å². The number of nitrogens with zero attached hydrogens (tertiary/aromatic N) is 2. The van der Waals surface area contributed by atoms with Gasteiger partial charge in [0, 0.05) is 33.8 Å². The molecular weight excluding hydrogens is 401 g/mol. The lowest BCUT2D eigenvalue weighted by Gasteiger charge is -2.11. The molecule has 0 bridgehead atoms. The Morgan fingerprint density at radius 1 is 0.839 bits per heavy atom. The average molecular weight is 420 g/mol. The normalized spacial score (nSPS) is 12.3. The van der Waals surface area contributed by atoms with Crippen LogP contribution in [0.15, 0.2) is 59.0 Å². The van der Waals surface area contributed by atoms with Crippen LogP contribution in [-0.4, -0.2) is 16.1 Å². The van der Waals surface area contributed by atoms with E-state index >= 15 is 0 Å². The first-order valence-corrected chi connectivity index (χ1v) is 10.1. The Kier molecular flexibility index (Phi) is 4.46. The van der Waals surface area contributed by atoms with E-state index in [1.54, 1.807) is 12.1 Å². The molecule has 0 amide bonds. The minimum absolute atomic E-state index is 0.0644. The Morgan fingerprint density at radius 2 is 1.61 bits per heavy atom. The molecule has 0 aliphatic carbocycles. The monoisotopic (exact) mass is 420 g/mol. The Labute approximate surface area is 176 Å². The third-order valence-corrected chi connectivity index (χ3v) is 5.61. The van der Waals surface area contributed by atoms with Crippen LogP contribution in [0, 0.1) is 13.8 Å². The number of aromatic nitrogens is 2. The smallest absolute Gasteiger partial charge is 0.389 e. The topological polar surface area (TPSA) is 38.9 Å². The van der Waals surface area contributed by atoms with Gasteiger partial charge in [0.1, 0.15) is 5.58 Å². The van der Waals surface area contributed by atoms with Gasteiger partial charge in [-0.1, -0.05) is 30.3 Å². The summed E-state index contributed by atoms with van der Waals surface area (Å²) in [5.74, 6) is 0. The lowest BCUT2D eigenvalue weighted by atomic mass is 9.99. The zero-order valence-electron chi connectivity index (χ0n) is 17.0. The molecule has 0 aliphatic rings. The lowest BCUT2D eigenvalue weighted by molar-refractivity contribution is -0.133. The fourth-order valence-corrected chi connectivity index (χ4v) is 4.08. The van der Waals surface area contributed by atoms with Gasteiger partial charge in [0.05, 0.1) is 11.2 Å². The van der Waals surface area contributed by atoms with Gasteiger partial charge in [-0.25, -0.2) is 9.97 Å². The summed E-state index contributed by atoms with van der Waals surface area (Å²) in [7, 11) is 0. The van der Waals surface area contributed by atoms with E-state index < -0.39 is 12.6 Å². The standard InChI is InChI=1S/C25H19F3N2O/c1-14-6-8-18-19-9-7-15(2)29-24(19)31-23(18)22(14)21-11-10-17-16(12-13-25(26,27)28)4-3-5-20(17)30-21/h3-11H,12-13H2,1-2H3. The van der Waals surface area contributed by atoms with Crippen LogP contribution >= 0.6 is 0 Å². The molecule has 3 nitrogen and oxygen atoms in total. The maximum Gasteiger partial charge on any atom is 0.389 e. The number of rotatable bonds is 3. The molecule has 0 unspecified atom stereocenters. The highest BCUT2D eigenvalue weighted by molar-refractivity contribution is 6.09. The quantitative estimate of drug-likeness (QED) is 0.307. The molecule has 0 saturated carbocycles. The van der Waals surface area contributed by atoms with Crippen molar-refractivity contribution in [3.63, 3.8) is 0 Å². The third kappa shape index (κ3) is 3.52. The second kappa shape index (κ2) is 7.08. The molecule has 5 aromatic rings. The van der Waals surface area contributed by atoms with Crippen LogP contribution < -0.4 is 0 Å². The van der Waals surface area contributed by atoms with Crippen molar-refractivity contribution < 1.29 is 17.6 Å². The molecule has 0 spiro atoms. The van der Waals surface area contributed by atoms with E-state index in [1.807, 2.05) is 56.3 Å². The van der Waals surface area contributed by atoms with E-state index in [1.165, 1.54) is 0 Å². The van der Waals surface area contributed by atoms with Gasteiger partial charge in [-0.2, -0.15) is 13.2 Å². The molecule has 156 valence electrons. The zero-order chi connectivity index (χ0) is 21.8. The van der Waals surface area contributed by atoms with Crippen LogP contribution in [0.4, 0.5) is 13.2 Å². The van der Waals surface area contributed by atoms with Gasteiger partial charge >= 0.3 is 6.18 Å². The predicted molar refractivity (Wildman–Crippen MR) is 116 cm³/mol. The summed E-state index contributed by atoms with van der Waals surface area (Å²) in [6, 6.07) is 17.0. The molecule has 5 rings (SSSR count). The number of hydrogen-bond donors (Lipinski definition) is 0. The SMILES string of the molecule is Cc1ccc2c(n1)oc1c(-c3ccc4c(CCC(F)(F)F)cccc4n3)c(C)ccc12. The maximum absolute atomic E-state index is 12.7. The van der Waals surface area contributed by atoms with Gasteiger partial charge in [0.25, 0.3) is 0 Å². The van der Waals surface area contributed by atoms with Gasteiger partial charge in [-0.05, 0) is 55.7 Å². The lowest BCUT2D eigenvalue weighted by Crippen LogP contribution is -2.08. The molecule has 6 heteroatoms. The van der Waals surface area contributed by atoms with Crippen LogP contribution in [-0.2, 0) is 6.42 Å². The Balaban J connectivity index is 1.67. The summed E-state index contributed by atoms with van der Waals surface area (Å²) < 4.78 is 44.2. The molecular formula is C25H19F3N2O. The van der Waals surface area contributed by atoms with Crippen molar-refractivity contribution in [1.29, 1.82) is 0 Å². The molecule has 0 N–H and O–H groups in total. The third-order valence-electron chi connectivity index (χ3n) is 5.61. The first-order valence-electron chi connectivity index (χ1n) is 10.1. The van der Waals surface area contributed by atoms with Gasteiger partial charge in [-0.3, -0.25) is 0 Å². The Morgan fingerprint density at radius 3 is 2.42 bits per heavy atom. The molecule has 0 atom stereocenters. The molecule has 0 aliphatic heterocycles. The summed E-state index contributed by atoms with van der Waals surface area (Å²) in [6.45, 7) is 3.91. The van der Waals surface area contributed by atoms with Crippen molar-refractivity contribution in [1.82, 2.24) is 9.97 Å². The molecule has 0 saturated heterocycles. The summed E-state index contributed by atoms with van der Waals surface area (Å²) in [5.41, 5.74) is 6.08. The highest BCUT2D eigenvalue weighted by Crippen LogP contribution is 2.37. The van der Waals surface area contributed by atoms with E-state index in [4.69, 9.17) is 9.40 Å². The fourth-order valence-electron chi connectivity index (χ4n) is 4.08. The van der Waals surface area contributed by atoms with Crippen molar-refractivity contribution in [2.24, 2.45) is 0 Å². The summed E-state index contributed by atoms with van der Waals surface area (Å²) in [5, 5.41) is 2.64. The largest absolute Gasteiger partial charge is 0.437 e. The van der Waals surface area contributed by atoms with Crippen molar-refractivity contribution in [3.05, 3.63) is 71.4 Å². The zero-order valence-corrected chi connectivity index (χ0v) is 17.0. The van der Waals surface area contributed by atoms with Crippen LogP contribution in [0.1, 0.15) is 23.2 Å². The van der Waals surface area contributed by atoms with Crippen LogP contribution in [0.2, 0.25) is 0 Å². The first kappa shape index (κ1) is 19.5. The Bertz CT molecular complexity index is 1450.